The molecule has 0 aliphatic carbocycles. The Labute approximate surface area is 107 Å². The molecule has 0 aliphatic heterocycles. The Morgan fingerprint density at radius 2 is 1.94 bits per heavy atom. The standard InChI is InChI=1S/C13H20N2O3/c1-9(16)10-6-11(12(17)18)15(7-10)8-13(2,3)14(4)5/h6-7H,8H2,1-5H3,(H,17,18). The summed E-state index contributed by atoms with van der Waals surface area (Å²) in [5.74, 6) is -1.14. The van der Waals surface area contributed by atoms with Crippen molar-refractivity contribution in [2.75, 3.05) is 14.1 Å². The zero-order valence-electron chi connectivity index (χ0n) is 11.5. The number of aromatic nitrogens is 1. The molecule has 0 bridgehead atoms. The van der Waals surface area contributed by atoms with Crippen molar-refractivity contribution in [1.29, 1.82) is 0 Å². The summed E-state index contributed by atoms with van der Waals surface area (Å²) in [4.78, 5) is 24.5. The lowest BCUT2D eigenvalue weighted by atomic mass is 10.0. The van der Waals surface area contributed by atoms with Gasteiger partial charge in [-0.3, -0.25) is 4.79 Å². The molecular weight excluding hydrogens is 232 g/mol. The average Bonchev–Trinajstić information content (AvgIpc) is 2.60. The maximum absolute atomic E-state index is 11.3. The summed E-state index contributed by atoms with van der Waals surface area (Å²) in [5.41, 5.74) is 0.383. The van der Waals surface area contributed by atoms with Crippen LogP contribution in [0.15, 0.2) is 12.3 Å². The highest BCUT2D eigenvalue weighted by Gasteiger charge is 2.24. The van der Waals surface area contributed by atoms with E-state index in [0.29, 0.717) is 12.1 Å². The number of hydrogen-bond acceptors (Lipinski definition) is 3. The number of carboxylic acid groups (broad SMARTS) is 1. The third-order valence-electron chi connectivity index (χ3n) is 3.29. The molecule has 0 saturated heterocycles. The topological polar surface area (TPSA) is 62.5 Å². The molecule has 1 aromatic rings. The van der Waals surface area contributed by atoms with Crippen molar-refractivity contribution in [1.82, 2.24) is 9.47 Å². The highest BCUT2D eigenvalue weighted by molar-refractivity contribution is 5.97. The zero-order chi connectivity index (χ0) is 14.1. The first kappa shape index (κ1) is 14.4. The maximum atomic E-state index is 11.3. The van der Waals surface area contributed by atoms with Crippen molar-refractivity contribution in [2.24, 2.45) is 0 Å². The van der Waals surface area contributed by atoms with E-state index in [2.05, 4.69) is 0 Å². The van der Waals surface area contributed by atoms with Gasteiger partial charge in [0.1, 0.15) is 5.69 Å². The monoisotopic (exact) mass is 252 g/mol. The highest BCUT2D eigenvalue weighted by atomic mass is 16.4. The second kappa shape index (κ2) is 4.94. The quantitative estimate of drug-likeness (QED) is 0.811. The minimum Gasteiger partial charge on any atom is -0.477 e. The first-order valence-electron chi connectivity index (χ1n) is 5.77. The Balaban J connectivity index is 3.15. The van der Waals surface area contributed by atoms with Crippen molar-refractivity contribution >= 4 is 11.8 Å². The number of aromatic carboxylic acids is 1. The second-order valence-electron chi connectivity index (χ2n) is 5.31. The molecule has 1 aromatic heterocycles. The van der Waals surface area contributed by atoms with Gasteiger partial charge >= 0.3 is 5.97 Å². The van der Waals surface area contributed by atoms with E-state index in [-0.39, 0.29) is 17.0 Å². The van der Waals surface area contributed by atoms with Gasteiger partial charge in [-0.15, -0.1) is 0 Å². The summed E-state index contributed by atoms with van der Waals surface area (Å²) in [5, 5.41) is 9.15. The fourth-order valence-electron chi connectivity index (χ4n) is 1.57. The second-order valence-corrected chi connectivity index (χ2v) is 5.31. The number of carboxylic acids is 1. The Kier molecular flexibility index (Phi) is 3.96. The summed E-state index contributed by atoms with van der Waals surface area (Å²) in [6, 6.07) is 1.43. The molecule has 1 N–H and O–H groups in total. The number of carbonyl (C=O) groups is 2. The Morgan fingerprint density at radius 3 is 2.33 bits per heavy atom. The highest BCUT2D eigenvalue weighted by Crippen LogP contribution is 2.18. The predicted molar refractivity (Wildman–Crippen MR) is 69.2 cm³/mol. The van der Waals surface area contributed by atoms with Gasteiger partial charge in [0, 0.05) is 23.8 Å². The molecule has 0 saturated carbocycles. The summed E-state index contributed by atoms with van der Waals surface area (Å²) in [6.45, 7) is 5.98. The van der Waals surface area contributed by atoms with Gasteiger partial charge in [-0.1, -0.05) is 0 Å². The van der Waals surface area contributed by atoms with Crippen LogP contribution in [0, 0.1) is 0 Å². The number of ketones is 1. The van der Waals surface area contributed by atoms with Gasteiger partial charge in [0.2, 0.25) is 0 Å². The molecule has 0 unspecified atom stereocenters. The third-order valence-corrected chi connectivity index (χ3v) is 3.29. The lowest BCUT2D eigenvalue weighted by molar-refractivity contribution is 0.0679. The van der Waals surface area contributed by atoms with Crippen LogP contribution in [0.5, 0.6) is 0 Å². The van der Waals surface area contributed by atoms with E-state index in [9.17, 15) is 9.59 Å². The lowest BCUT2D eigenvalue weighted by Crippen LogP contribution is -2.42. The number of nitrogens with zero attached hydrogens (tertiary/aromatic N) is 2. The van der Waals surface area contributed by atoms with Crippen LogP contribution in [0.3, 0.4) is 0 Å². The van der Waals surface area contributed by atoms with E-state index in [0.717, 1.165) is 0 Å². The maximum Gasteiger partial charge on any atom is 0.352 e. The van der Waals surface area contributed by atoms with Crippen molar-refractivity contribution in [2.45, 2.75) is 32.9 Å². The van der Waals surface area contributed by atoms with Gasteiger partial charge in [-0.05, 0) is 40.9 Å². The van der Waals surface area contributed by atoms with Gasteiger partial charge in [-0.25, -0.2) is 4.79 Å². The van der Waals surface area contributed by atoms with Crippen molar-refractivity contribution in [3.63, 3.8) is 0 Å². The zero-order valence-corrected chi connectivity index (χ0v) is 11.5. The van der Waals surface area contributed by atoms with Crippen LogP contribution in [-0.4, -0.2) is 46.0 Å². The van der Waals surface area contributed by atoms with Crippen LogP contribution < -0.4 is 0 Å². The molecule has 0 aliphatic rings. The number of rotatable bonds is 5. The first-order valence-corrected chi connectivity index (χ1v) is 5.77. The van der Waals surface area contributed by atoms with Gasteiger partial charge in [-0.2, -0.15) is 0 Å². The van der Waals surface area contributed by atoms with Crippen LogP contribution in [0.4, 0.5) is 0 Å². The minimum absolute atomic E-state index is 0.126. The summed E-state index contributed by atoms with van der Waals surface area (Å²) >= 11 is 0. The van der Waals surface area contributed by atoms with Crippen molar-refractivity contribution in [3.8, 4) is 0 Å². The van der Waals surface area contributed by atoms with Crippen molar-refractivity contribution in [3.05, 3.63) is 23.5 Å². The fraction of sp³-hybridized carbons (Fsp3) is 0.538. The molecule has 1 rings (SSSR count). The minimum atomic E-state index is -1.02. The molecule has 18 heavy (non-hydrogen) atoms. The number of likely N-dealkylation sites (N-methyl/N-ethyl adjacent to an activating group) is 1. The van der Waals surface area contributed by atoms with E-state index in [1.54, 1.807) is 10.8 Å². The fourth-order valence-corrected chi connectivity index (χ4v) is 1.57. The van der Waals surface area contributed by atoms with Crippen molar-refractivity contribution < 1.29 is 14.7 Å². The van der Waals surface area contributed by atoms with Crippen LogP contribution in [0.2, 0.25) is 0 Å². The summed E-state index contributed by atoms with van der Waals surface area (Å²) < 4.78 is 1.62. The first-order chi connectivity index (χ1) is 8.15. The van der Waals surface area contributed by atoms with Crippen LogP contribution in [-0.2, 0) is 6.54 Å². The van der Waals surface area contributed by atoms with Crippen LogP contribution >= 0.6 is 0 Å². The average molecular weight is 252 g/mol. The van der Waals surface area contributed by atoms with E-state index < -0.39 is 5.97 Å². The van der Waals surface area contributed by atoms with E-state index in [1.165, 1.54) is 13.0 Å². The molecule has 0 amide bonds. The number of hydrogen-bond donors (Lipinski definition) is 1. The molecular formula is C13H20N2O3. The summed E-state index contributed by atoms with van der Waals surface area (Å²) in [7, 11) is 3.88. The molecule has 5 heteroatoms. The largest absolute Gasteiger partial charge is 0.477 e. The Bertz CT molecular complexity index is 473. The van der Waals surface area contributed by atoms with E-state index >= 15 is 0 Å². The molecule has 1 heterocycles. The predicted octanol–water partition coefficient (Wildman–Crippen LogP) is 1.73. The van der Waals surface area contributed by atoms with Crippen LogP contribution in [0.25, 0.3) is 0 Å². The molecule has 0 aromatic carbocycles. The van der Waals surface area contributed by atoms with Gasteiger partial charge in [0.05, 0.1) is 0 Å². The molecule has 0 atom stereocenters. The van der Waals surface area contributed by atoms with Gasteiger partial charge < -0.3 is 14.6 Å². The summed E-state index contributed by atoms with van der Waals surface area (Å²) in [6.07, 6.45) is 1.61. The third kappa shape index (κ3) is 2.98. The Morgan fingerprint density at radius 1 is 1.39 bits per heavy atom. The smallest absolute Gasteiger partial charge is 0.352 e. The molecule has 5 nitrogen and oxygen atoms in total. The van der Waals surface area contributed by atoms with E-state index in [4.69, 9.17) is 5.11 Å². The molecule has 100 valence electrons. The molecule has 0 radical (unpaired) electrons. The van der Waals surface area contributed by atoms with Gasteiger partial charge in [0.25, 0.3) is 0 Å². The van der Waals surface area contributed by atoms with E-state index in [1.807, 2.05) is 32.8 Å². The SMILES string of the molecule is CC(=O)c1cc(C(=O)O)n(CC(C)(C)N(C)C)c1. The number of carbonyl (C=O) groups excluding carboxylic acids is 1. The number of Topliss-reactive ketones (excluding diaryl/α,β-unsaturated/α-hetero) is 1. The Hall–Kier alpha value is -1.62. The molecule has 0 fully saturated rings. The molecule has 0 spiro atoms. The lowest BCUT2D eigenvalue weighted by Gasteiger charge is -2.33. The normalized spacial score (nSPS) is 11.9. The van der Waals surface area contributed by atoms with Gasteiger partial charge in [0.15, 0.2) is 5.78 Å². The van der Waals surface area contributed by atoms with Crippen LogP contribution in [0.1, 0.15) is 41.6 Å².